The monoisotopic (exact) mass is 524 g/mol. The first kappa shape index (κ1) is 24.3. The fraction of sp³-hybridized carbons (Fsp3) is 0.269. The van der Waals surface area contributed by atoms with Crippen LogP contribution in [0.4, 0.5) is 5.82 Å². The lowest BCUT2D eigenvalue weighted by Crippen LogP contribution is -2.22. The van der Waals surface area contributed by atoms with Crippen molar-refractivity contribution in [1.29, 1.82) is 0 Å². The minimum absolute atomic E-state index is 0.125. The number of esters is 1. The van der Waals surface area contributed by atoms with Crippen LogP contribution < -0.4 is 5.32 Å². The van der Waals surface area contributed by atoms with Crippen LogP contribution in [0.2, 0.25) is 5.15 Å². The Morgan fingerprint density at radius 2 is 1.86 bits per heavy atom. The smallest absolute Gasteiger partial charge is 0.339 e. The second-order valence-electron chi connectivity index (χ2n) is 8.79. The molecule has 0 amide bonds. The molecule has 1 aromatic carbocycles. The fourth-order valence-electron chi connectivity index (χ4n) is 4.61. The number of benzene rings is 1. The maximum atomic E-state index is 13.5. The number of hydrogen-bond donors (Lipinski definition) is 1. The van der Waals surface area contributed by atoms with Gasteiger partial charge in [0.25, 0.3) is 10.0 Å². The number of ether oxygens (including phenoxy) is 1. The molecular weight excluding hydrogens is 500 g/mol. The maximum absolute atomic E-state index is 13.5. The summed E-state index contributed by atoms with van der Waals surface area (Å²) in [5, 5.41) is 4.22. The van der Waals surface area contributed by atoms with Crippen molar-refractivity contribution >= 4 is 44.4 Å². The lowest BCUT2D eigenvalue weighted by molar-refractivity contribution is 0.0600. The molecule has 3 aromatic heterocycles. The molecule has 1 saturated carbocycles. The highest BCUT2D eigenvalue weighted by atomic mass is 35.5. The predicted molar refractivity (Wildman–Crippen MR) is 139 cm³/mol. The first-order chi connectivity index (χ1) is 17.4. The number of pyridine rings is 2. The second-order valence-corrected chi connectivity index (χ2v) is 11.0. The lowest BCUT2D eigenvalue weighted by Gasteiger charge is -2.23. The van der Waals surface area contributed by atoms with E-state index in [4.69, 9.17) is 16.3 Å². The lowest BCUT2D eigenvalue weighted by atomic mass is 9.95. The van der Waals surface area contributed by atoms with Gasteiger partial charge in [0.2, 0.25) is 0 Å². The number of fused-ring (bicyclic) bond motifs is 1. The molecule has 0 aliphatic heterocycles. The Hall–Kier alpha value is -3.43. The summed E-state index contributed by atoms with van der Waals surface area (Å²) in [4.78, 5) is 21.1. The Morgan fingerprint density at radius 1 is 1.11 bits per heavy atom. The second kappa shape index (κ2) is 9.91. The van der Waals surface area contributed by atoms with Gasteiger partial charge in [-0.3, -0.25) is 0 Å². The summed E-state index contributed by atoms with van der Waals surface area (Å²) in [5.41, 5.74) is 1.61. The SMILES string of the molecule is COC(=O)c1cnc2c(c1)c(-c1cc(Cl)nc(NC3CCCCC3)c1)cn2S(=O)(=O)c1ccccc1. The first-order valence-corrected chi connectivity index (χ1v) is 13.5. The maximum Gasteiger partial charge on any atom is 0.339 e. The Morgan fingerprint density at radius 3 is 2.58 bits per heavy atom. The van der Waals surface area contributed by atoms with Crippen LogP contribution in [0.5, 0.6) is 0 Å². The molecule has 0 atom stereocenters. The molecule has 5 rings (SSSR count). The molecule has 0 radical (unpaired) electrons. The van der Waals surface area contributed by atoms with Gasteiger partial charge in [-0.15, -0.1) is 0 Å². The topological polar surface area (TPSA) is 103 Å². The van der Waals surface area contributed by atoms with Crippen LogP contribution in [0.3, 0.4) is 0 Å². The number of carbonyl (C=O) groups excluding carboxylic acids is 1. The van der Waals surface area contributed by atoms with Crippen molar-refractivity contribution in [3.05, 3.63) is 71.6 Å². The van der Waals surface area contributed by atoms with Crippen LogP contribution in [-0.4, -0.2) is 41.5 Å². The van der Waals surface area contributed by atoms with Crippen molar-refractivity contribution in [3.63, 3.8) is 0 Å². The van der Waals surface area contributed by atoms with Crippen LogP contribution in [0.1, 0.15) is 42.5 Å². The average molecular weight is 525 g/mol. The fourth-order valence-corrected chi connectivity index (χ4v) is 6.16. The number of halogens is 1. The van der Waals surface area contributed by atoms with E-state index in [0.29, 0.717) is 28.4 Å². The quantitative estimate of drug-likeness (QED) is 0.261. The summed E-state index contributed by atoms with van der Waals surface area (Å²) in [5.74, 6) is 0.0507. The number of aromatic nitrogens is 3. The normalized spacial score (nSPS) is 14.6. The molecule has 186 valence electrons. The molecule has 4 aromatic rings. The molecule has 0 unspecified atom stereocenters. The summed E-state index contributed by atoms with van der Waals surface area (Å²) in [7, 11) is -2.68. The number of carbonyl (C=O) groups is 1. The van der Waals surface area contributed by atoms with E-state index >= 15 is 0 Å². The standard InChI is InChI=1S/C26H25ClN4O4S/c1-35-26(32)18-12-21-22(17-13-23(27)30-24(14-17)29-19-8-4-2-5-9-19)16-31(25(21)28-15-18)36(33,34)20-10-6-3-7-11-20/h3,6-7,10-16,19H,2,4-5,8-9H2,1H3,(H,29,30). The summed E-state index contributed by atoms with van der Waals surface area (Å²) in [6, 6.07) is 13.5. The van der Waals surface area contributed by atoms with Crippen molar-refractivity contribution in [3.8, 4) is 11.1 Å². The van der Waals surface area contributed by atoms with E-state index < -0.39 is 16.0 Å². The van der Waals surface area contributed by atoms with Gasteiger partial charge in [-0.25, -0.2) is 27.2 Å². The van der Waals surface area contributed by atoms with Crippen LogP contribution >= 0.6 is 11.6 Å². The molecule has 36 heavy (non-hydrogen) atoms. The number of nitrogens with one attached hydrogen (secondary N) is 1. The van der Waals surface area contributed by atoms with Crippen molar-refractivity contribution in [2.45, 2.75) is 43.0 Å². The third-order valence-corrected chi connectivity index (χ3v) is 8.25. The third-order valence-electron chi connectivity index (χ3n) is 6.40. The molecule has 1 fully saturated rings. The zero-order valence-corrected chi connectivity index (χ0v) is 21.2. The van der Waals surface area contributed by atoms with Crippen molar-refractivity contribution < 1.29 is 17.9 Å². The van der Waals surface area contributed by atoms with Crippen LogP contribution in [0.25, 0.3) is 22.2 Å². The van der Waals surface area contributed by atoms with Gasteiger partial charge in [-0.2, -0.15) is 0 Å². The van der Waals surface area contributed by atoms with Crippen molar-refractivity contribution in [2.75, 3.05) is 12.4 Å². The van der Waals surface area contributed by atoms with E-state index in [0.717, 1.165) is 29.7 Å². The van der Waals surface area contributed by atoms with Gasteiger partial charge in [-0.05, 0) is 48.7 Å². The van der Waals surface area contributed by atoms with E-state index in [9.17, 15) is 13.2 Å². The van der Waals surface area contributed by atoms with Crippen LogP contribution in [-0.2, 0) is 14.8 Å². The van der Waals surface area contributed by atoms with Crippen molar-refractivity contribution in [1.82, 2.24) is 13.9 Å². The number of anilines is 1. The highest BCUT2D eigenvalue weighted by molar-refractivity contribution is 7.90. The highest BCUT2D eigenvalue weighted by Gasteiger charge is 2.24. The van der Waals surface area contributed by atoms with Crippen LogP contribution in [0, 0.1) is 0 Å². The molecule has 3 heterocycles. The number of methoxy groups -OCH3 is 1. The molecule has 0 saturated heterocycles. The largest absolute Gasteiger partial charge is 0.465 e. The Kier molecular flexibility index (Phi) is 6.68. The molecule has 8 nitrogen and oxygen atoms in total. The molecule has 1 N–H and O–H groups in total. The van der Waals surface area contributed by atoms with E-state index in [2.05, 4.69) is 15.3 Å². The van der Waals surface area contributed by atoms with Gasteiger partial charge in [-0.1, -0.05) is 49.1 Å². The van der Waals surface area contributed by atoms with E-state index in [1.165, 1.54) is 38.1 Å². The van der Waals surface area contributed by atoms with Gasteiger partial charge in [0.15, 0.2) is 5.65 Å². The van der Waals surface area contributed by atoms with Gasteiger partial charge in [0.1, 0.15) is 11.0 Å². The molecule has 10 heteroatoms. The number of hydrogen-bond acceptors (Lipinski definition) is 7. The summed E-state index contributed by atoms with van der Waals surface area (Å²) in [6.45, 7) is 0. The minimum atomic E-state index is -3.96. The molecular formula is C26H25ClN4O4S. The Labute approximate surface area is 214 Å². The highest BCUT2D eigenvalue weighted by Crippen LogP contribution is 2.35. The first-order valence-electron chi connectivity index (χ1n) is 11.7. The average Bonchev–Trinajstić information content (AvgIpc) is 3.29. The predicted octanol–water partition coefficient (Wildman–Crippen LogP) is 5.52. The zero-order valence-electron chi connectivity index (χ0n) is 19.6. The van der Waals surface area contributed by atoms with Crippen molar-refractivity contribution in [2.24, 2.45) is 0 Å². The zero-order chi connectivity index (χ0) is 25.3. The number of rotatable bonds is 6. The molecule has 1 aliphatic rings. The summed E-state index contributed by atoms with van der Waals surface area (Å²) >= 11 is 6.40. The van der Waals surface area contributed by atoms with E-state index in [1.807, 2.05) is 6.07 Å². The van der Waals surface area contributed by atoms with Gasteiger partial charge < -0.3 is 10.1 Å². The van der Waals surface area contributed by atoms with Gasteiger partial charge in [0, 0.05) is 29.4 Å². The van der Waals surface area contributed by atoms with Gasteiger partial charge >= 0.3 is 5.97 Å². The molecule has 0 bridgehead atoms. The Bertz CT molecular complexity index is 1530. The third kappa shape index (κ3) is 4.68. The minimum Gasteiger partial charge on any atom is -0.465 e. The summed E-state index contributed by atoms with van der Waals surface area (Å²) in [6.07, 6.45) is 8.50. The summed E-state index contributed by atoms with van der Waals surface area (Å²) < 4.78 is 33.1. The van der Waals surface area contributed by atoms with E-state index in [-0.39, 0.29) is 21.3 Å². The molecule has 1 aliphatic carbocycles. The number of nitrogens with zero attached hydrogens (tertiary/aromatic N) is 3. The molecule has 0 spiro atoms. The van der Waals surface area contributed by atoms with E-state index in [1.54, 1.807) is 30.3 Å². The van der Waals surface area contributed by atoms with Crippen LogP contribution in [0.15, 0.2) is 65.8 Å². The Balaban J connectivity index is 1.68. The van der Waals surface area contributed by atoms with Gasteiger partial charge in [0.05, 0.1) is 17.6 Å².